The van der Waals surface area contributed by atoms with Gasteiger partial charge in [0, 0.05) is 19.5 Å². The Morgan fingerprint density at radius 3 is 2.72 bits per heavy atom. The highest BCUT2D eigenvalue weighted by atomic mass is 35.5. The summed E-state index contributed by atoms with van der Waals surface area (Å²) < 4.78 is 12.2. The fraction of sp³-hybridized carbons (Fsp3) is 0.500. The van der Waals surface area contributed by atoms with Crippen molar-refractivity contribution in [2.24, 2.45) is 11.8 Å². The summed E-state index contributed by atoms with van der Waals surface area (Å²) >= 11 is 6.53. The molecular weight excluding hydrogens is 526 g/mol. The Kier molecular flexibility index (Phi) is 7.54. The number of hydrogen-bond donors (Lipinski definition) is 2. The molecule has 1 aromatic rings. The smallest absolute Gasteiger partial charge is 0.313 e. The van der Waals surface area contributed by atoms with Gasteiger partial charge in [-0.15, -0.1) is 0 Å². The van der Waals surface area contributed by atoms with Crippen LogP contribution in [-0.2, 0) is 28.7 Å². The summed E-state index contributed by atoms with van der Waals surface area (Å²) in [5, 5.41) is 13.0. The second kappa shape index (κ2) is 10.7. The molecule has 0 bridgehead atoms. The number of nitrogens with one attached hydrogen (secondary N) is 1. The van der Waals surface area contributed by atoms with E-state index >= 15 is 0 Å². The number of aryl methyl sites for hydroxylation is 1. The highest BCUT2D eigenvalue weighted by Gasteiger charge is 2.71. The van der Waals surface area contributed by atoms with Gasteiger partial charge in [0.05, 0.1) is 35.9 Å². The van der Waals surface area contributed by atoms with Crippen LogP contribution in [0.5, 0.6) is 0 Å². The van der Waals surface area contributed by atoms with Crippen molar-refractivity contribution in [1.82, 2.24) is 10.2 Å². The Balaban J connectivity index is 1.60. The number of nitrogens with zero attached hydrogens (tertiary/aromatic N) is 2. The molecule has 0 radical (unpaired) electrons. The average molecular weight is 558 g/mol. The van der Waals surface area contributed by atoms with Gasteiger partial charge in [-0.3, -0.25) is 19.2 Å². The second-order valence-corrected chi connectivity index (χ2v) is 10.8. The number of aliphatic hydroxyl groups is 1. The molecular formula is C28H32ClN3O7. The van der Waals surface area contributed by atoms with Crippen molar-refractivity contribution in [2.45, 2.75) is 50.5 Å². The van der Waals surface area contributed by atoms with Gasteiger partial charge >= 0.3 is 5.97 Å². The van der Waals surface area contributed by atoms with E-state index < -0.39 is 53.5 Å². The zero-order valence-electron chi connectivity index (χ0n) is 21.8. The van der Waals surface area contributed by atoms with Crippen LogP contribution in [0.2, 0.25) is 5.02 Å². The molecule has 1 spiro atoms. The molecule has 5 rings (SSSR count). The number of carbonyl (C=O) groups excluding carboxylic acids is 4. The summed E-state index contributed by atoms with van der Waals surface area (Å²) in [6, 6.07) is 4.20. The monoisotopic (exact) mass is 557 g/mol. The first-order valence-corrected chi connectivity index (χ1v) is 13.5. The number of ether oxygens (including phenoxy) is 2. The summed E-state index contributed by atoms with van der Waals surface area (Å²) in [4.78, 5) is 56.8. The molecule has 2 fully saturated rings. The number of rotatable bonds is 3. The molecule has 1 aromatic carbocycles. The number of β-amino-alcohol motifs (C(OH)–C–C–N with tert-alkyl or cyclic N) is 1. The Labute approximate surface area is 231 Å². The lowest BCUT2D eigenvalue weighted by molar-refractivity contribution is -0.158. The summed E-state index contributed by atoms with van der Waals surface area (Å²) in [6.45, 7) is 3.35. The standard InChI is InChI=1S/C28H32ClN3O7/c1-16-7-5-8-18(29)23(16)31-12-6-11-28-22(25(35)32(13-14-33)24(28)26(31)36)21-19(39-28)9-3-4-10-20(34)30-15-17(2)38-27(21)37/h3,5-9,11,17,19,21-22,24,33H,4,10,12-15H2,1-2H3,(H,30,34)/b9-3-/t17-,19-,21+,22+,24-,28+/m0/s1. The number of cyclic esters (lactones) is 1. The third-order valence-electron chi connectivity index (χ3n) is 7.83. The van der Waals surface area contributed by atoms with E-state index in [9.17, 15) is 24.3 Å². The minimum atomic E-state index is -1.47. The van der Waals surface area contributed by atoms with Gasteiger partial charge in [0.2, 0.25) is 11.8 Å². The largest absolute Gasteiger partial charge is 0.460 e. The Hall–Kier alpha value is -3.21. The number of para-hydroxylation sites is 1. The van der Waals surface area contributed by atoms with Gasteiger partial charge < -0.3 is 29.7 Å². The van der Waals surface area contributed by atoms with E-state index in [1.807, 2.05) is 13.0 Å². The van der Waals surface area contributed by atoms with Gasteiger partial charge in [-0.05, 0) is 31.9 Å². The number of carbonyl (C=O) groups is 4. The van der Waals surface area contributed by atoms with Crippen molar-refractivity contribution >= 4 is 41.0 Å². The van der Waals surface area contributed by atoms with Crippen LogP contribution < -0.4 is 10.2 Å². The van der Waals surface area contributed by atoms with Crippen molar-refractivity contribution in [3.63, 3.8) is 0 Å². The van der Waals surface area contributed by atoms with Crippen LogP contribution in [0, 0.1) is 18.8 Å². The maximum Gasteiger partial charge on any atom is 0.313 e. The highest BCUT2D eigenvalue weighted by Crippen LogP contribution is 2.53. The van der Waals surface area contributed by atoms with Gasteiger partial charge in [0.1, 0.15) is 23.7 Å². The van der Waals surface area contributed by atoms with E-state index in [-0.39, 0.29) is 38.6 Å². The number of anilines is 1. The molecule has 0 aromatic heterocycles. The number of fused-ring (bicyclic) bond motifs is 2. The van der Waals surface area contributed by atoms with Crippen LogP contribution in [0.3, 0.4) is 0 Å². The van der Waals surface area contributed by atoms with Crippen molar-refractivity contribution in [3.05, 3.63) is 53.1 Å². The number of esters is 1. The fourth-order valence-corrected chi connectivity index (χ4v) is 6.50. The number of likely N-dealkylation sites (tertiary alicyclic amines) is 1. The molecule has 0 saturated carbocycles. The Morgan fingerprint density at radius 1 is 1.18 bits per heavy atom. The normalized spacial score (nSPS) is 33.8. The molecule has 3 amide bonds. The molecule has 4 heterocycles. The van der Waals surface area contributed by atoms with E-state index in [2.05, 4.69) is 5.32 Å². The lowest BCUT2D eigenvalue weighted by atomic mass is 9.78. The van der Waals surface area contributed by atoms with E-state index in [4.69, 9.17) is 21.1 Å². The first-order valence-electron chi connectivity index (χ1n) is 13.2. The molecule has 0 unspecified atom stereocenters. The lowest BCUT2D eigenvalue weighted by Crippen LogP contribution is -2.56. The minimum Gasteiger partial charge on any atom is -0.460 e. The van der Waals surface area contributed by atoms with Gasteiger partial charge in [-0.2, -0.15) is 0 Å². The number of hydrogen-bond acceptors (Lipinski definition) is 7. The number of allylic oxidation sites excluding steroid dienone is 1. The maximum atomic E-state index is 14.3. The van der Waals surface area contributed by atoms with Crippen molar-refractivity contribution in [1.29, 1.82) is 0 Å². The summed E-state index contributed by atoms with van der Waals surface area (Å²) in [6.07, 6.45) is 6.08. The molecule has 10 nitrogen and oxygen atoms in total. The third-order valence-corrected chi connectivity index (χ3v) is 8.14. The molecule has 2 saturated heterocycles. The number of halogens is 1. The minimum absolute atomic E-state index is 0.106. The molecule has 4 aliphatic rings. The quantitative estimate of drug-likeness (QED) is 0.426. The molecule has 208 valence electrons. The summed E-state index contributed by atoms with van der Waals surface area (Å²) in [5.74, 6) is -3.76. The summed E-state index contributed by atoms with van der Waals surface area (Å²) in [5.41, 5.74) is -0.156. The van der Waals surface area contributed by atoms with E-state index in [0.29, 0.717) is 17.1 Å². The SMILES string of the molecule is Cc1cccc(Cl)c1N1CC=C[C@@]23O[C@H]4/C=C\CCC(=O)NC[C@H](C)OC(=O)[C@H]4[C@@H]2C(=O)N(CCO)[C@H]3C1=O. The van der Waals surface area contributed by atoms with E-state index in [1.54, 1.807) is 43.4 Å². The second-order valence-electron chi connectivity index (χ2n) is 10.4. The molecule has 2 N–H and O–H groups in total. The number of amides is 3. The lowest BCUT2D eigenvalue weighted by Gasteiger charge is -2.35. The first kappa shape index (κ1) is 27.4. The van der Waals surface area contributed by atoms with Gasteiger partial charge in [-0.25, -0.2) is 0 Å². The zero-order valence-corrected chi connectivity index (χ0v) is 22.6. The molecule has 0 aliphatic carbocycles. The van der Waals surface area contributed by atoms with Crippen LogP contribution in [-0.4, -0.2) is 83.8 Å². The van der Waals surface area contributed by atoms with Crippen LogP contribution in [0.25, 0.3) is 0 Å². The van der Waals surface area contributed by atoms with Crippen LogP contribution in [0.4, 0.5) is 5.69 Å². The number of benzene rings is 1. The predicted octanol–water partition coefficient (Wildman–Crippen LogP) is 1.52. The average Bonchev–Trinajstić information content (AvgIpc) is 3.27. The Bertz CT molecular complexity index is 1230. The highest BCUT2D eigenvalue weighted by molar-refractivity contribution is 6.34. The molecule has 11 heteroatoms. The maximum absolute atomic E-state index is 14.3. The van der Waals surface area contributed by atoms with Crippen molar-refractivity contribution in [3.8, 4) is 0 Å². The van der Waals surface area contributed by atoms with E-state index in [1.165, 1.54) is 9.80 Å². The van der Waals surface area contributed by atoms with Gasteiger partial charge in [-0.1, -0.05) is 48.0 Å². The van der Waals surface area contributed by atoms with Crippen LogP contribution in [0.1, 0.15) is 25.3 Å². The van der Waals surface area contributed by atoms with Crippen LogP contribution >= 0.6 is 11.6 Å². The molecule has 4 aliphatic heterocycles. The fourth-order valence-electron chi connectivity index (χ4n) is 6.18. The zero-order chi connectivity index (χ0) is 27.9. The molecule has 6 atom stereocenters. The van der Waals surface area contributed by atoms with Gasteiger partial charge in [0.15, 0.2) is 0 Å². The van der Waals surface area contributed by atoms with Crippen LogP contribution in [0.15, 0.2) is 42.5 Å². The topological polar surface area (TPSA) is 125 Å². The molecule has 39 heavy (non-hydrogen) atoms. The van der Waals surface area contributed by atoms with Crippen molar-refractivity contribution < 1.29 is 33.8 Å². The van der Waals surface area contributed by atoms with Gasteiger partial charge in [0.25, 0.3) is 5.91 Å². The predicted molar refractivity (Wildman–Crippen MR) is 142 cm³/mol. The third kappa shape index (κ3) is 4.64. The number of aliphatic hydroxyl groups excluding tert-OH is 1. The first-order chi connectivity index (χ1) is 18.7. The summed E-state index contributed by atoms with van der Waals surface area (Å²) in [7, 11) is 0. The van der Waals surface area contributed by atoms with E-state index in [0.717, 1.165) is 5.56 Å². The van der Waals surface area contributed by atoms with Crippen molar-refractivity contribution in [2.75, 3.05) is 31.1 Å². The Morgan fingerprint density at radius 2 is 1.97 bits per heavy atom.